The summed E-state index contributed by atoms with van der Waals surface area (Å²) in [6, 6.07) is 84.1. The molecule has 0 saturated heterocycles. The Kier molecular flexibility index (Phi) is 11.0. The van der Waals surface area contributed by atoms with E-state index in [0.717, 1.165) is 89.0 Å². The zero-order valence-electron chi connectivity index (χ0n) is 39.2. The molecule has 0 aliphatic rings. The average Bonchev–Trinajstić information content (AvgIpc) is 3.81. The summed E-state index contributed by atoms with van der Waals surface area (Å²) in [5.41, 5.74) is 12.5. The van der Waals surface area contributed by atoms with Crippen LogP contribution in [0.25, 0.3) is 130 Å². The lowest BCUT2D eigenvalue weighted by Gasteiger charge is -2.17. The molecule has 0 aliphatic heterocycles. The lowest BCUT2D eigenvalue weighted by molar-refractivity contribution is 1.07. The number of hydrogen-bond acceptors (Lipinski definition) is 8. The zero-order valence-corrected chi connectivity index (χ0v) is 39.2. The third-order valence-electron chi connectivity index (χ3n) is 12.9. The van der Waals surface area contributed by atoms with Crippen molar-refractivity contribution in [3.8, 4) is 108 Å². The Morgan fingerprint density at radius 2 is 0.562 bits per heavy atom. The topological polar surface area (TPSA) is 108 Å². The summed E-state index contributed by atoms with van der Waals surface area (Å²) in [5.74, 6) is 4.02. The number of fused-ring (bicyclic) bond motifs is 3. The van der Waals surface area contributed by atoms with Gasteiger partial charge >= 0.3 is 0 Å². The summed E-state index contributed by atoms with van der Waals surface area (Å²) in [4.78, 5) is 41.3. The molecule has 9 aromatic carbocycles. The van der Waals surface area contributed by atoms with Crippen molar-refractivity contribution in [3.05, 3.63) is 249 Å². The van der Waals surface area contributed by atoms with Crippen molar-refractivity contribution in [3.63, 3.8) is 0 Å². The van der Waals surface area contributed by atoms with E-state index in [2.05, 4.69) is 95.6 Å². The Morgan fingerprint density at radius 1 is 0.219 bits per heavy atom. The maximum absolute atomic E-state index is 5.42. The molecule has 0 spiro atoms. The number of aromatic nitrogens is 9. The minimum Gasteiger partial charge on any atom is -0.309 e. The Balaban J connectivity index is 1.05. The lowest BCUT2D eigenvalue weighted by Crippen LogP contribution is -2.04. The normalized spacial score (nSPS) is 11.3. The Labute approximate surface area is 421 Å². The molecule has 9 heteroatoms. The molecule has 0 saturated carbocycles. The van der Waals surface area contributed by atoms with Gasteiger partial charge in [-0.25, -0.2) is 39.9 Å². The maximum atomic E-state index is 5.42. The van der Waals surface area contributed by atoms with Crippen molar-refractivity contribution in [2.75, 3.05) is 0 Å². The molecule has 0 radical (unpaired) electrons. The minimum absolute atomic E-state index is 0.525. The van der Waals surface area contributed by atoms with E-state index in [1.54, 1.807) is 0 Å². The van der Waals surface area contributed by atoms with Gasteiger partial charge in [0.2, 0.25) is 0 Å². The van der Waals surface area contributed by atoms with E-state index in [0.29, 0.717) is 40.8 Å². The van der Waals surface area contributed by atoms with Crippen LogP contribution in [-0.4, -0.2) is 44.4 Å². The summed E-state index contributed by atoms with van der Waals surface area (Å²) in [7, 11) is 0. The van der Waals surface area contributed by atoms with Crippen LogP contribution in [0.5, 0.6) is 0 Å². The highest BCUT2D eigenvalue weighted by Crippen LogP contribution is 2.40. The molecule has 0 unspecified atom stereocenters. The molecule has 0 aliphatic carbocycles. The highest BCUT2D eigenvalue weighted by atomic mass is 15.1. The number of nitrogens with zero attached hydrogens (tertiary/aromatic N) is 9. The van der Waals surface area contributed by atoms with Crippen LogP contribution in [0.2, 0.25) is 0 Å². The molecule has 0 bridgehead atoms. The molecule has 13 rings (SSSR count). The van der Waals surface area contributed by atoms with Gasteiger partial charge in [-0.2, -0.15) is 0 Å². The van der Waals surface area contributed by atoms with E-state index in [9.17, 15) is 0 Å². The van der Waals surface area contributed by atoms with Crippen LogP contribution >= 0.6 is 0 Å². The second-order valence-corrected chi connectivity index (χ2v) is 17.6. The fourth-order valence-corrected chi connectivity index (χ4v) is 9.38. The van der Waals surface area contributed by atoms with Crippen LogP contribution in [0.15, 0.2) is 249 Å². The van der Waals surface area contributed by atoms with Gasteiger partial charge in [-0.3, -0.25) is 0 Å². The summed E-state index contributed by atoms with van der Waals surface area (Å²) in [6.07, 6.45) is 0. The highest BCUT2D eigenvalue weighted by Gasteiger charge is 2.23. The molecule has 13 aromatic rings. The average molecular weight is 936 g/mol. The lowest BCUT2D eigenvalue weighted by atomic mass is 10.0. The van der Waals surface area contributed by atoms with Gasteiger partial charge in [-0.05, 0) is 48.5 Å². The fraction of sp³-hybridized carbons (Fsp3) is 0. The number of benzene rings is 9. The Hall–Kier alpha value is -10.1. The second kappa shape index (κ2) is 18.7. The third kappa shape index (κ3) is 8.36. The van der Waals surface area contributed by atoms with Crippen LogP contribution in [0, 0.1) is 0 Å². The van der Waals surface area contributed by atoms with Crippen LogP contribution in [0.3, 0.4) is 0 Å². The minimum atomic E-state index is 0.525. The van der Waals surface area contributed by atoms with Gasteiger partial charge in [0.1, 0.15) is 0 Å². The first kappa shape index (κ1) is 42.9. The molecule has 0 amide bonds. The summed E-state index contributed by atoms with van der Waals surface area (Å²) in [6.45, 7) is 0. The van der Waals surface area contributed by atoms with Gasteiger partial charge in [0, 0.05) is 60.8 Å². The largest absolute Gasteiger partial charge is 0.309 e. The maximum Gasteiger partial charge on any atom is 0.164 e. The Bertz CT molecular complexity index is 3940. The zero-order chi connectivity index (χ0) is 48.5. The van der Waals surface area contributed by atoms with Crippen molar-refractivity contribution in [2.24, 2.45) is 0 Å². The molecule has 73 heavy (non-hydrogen) atoms. The van der Waals surface area contributed by atoms with Crippen LogP contribution in [0.4, 0.5) is 0 Å². The van der Waals surface area contributed by atoms with E-state index in [-0.39, 0.29) is 0 Å². The first-order valence-electron chi connectivity index (χ1n) is 24.1. The third-order valence-corrected chi connectivity index (χ3v) is 12.9. The molecule has 4 aromatic heterocycles. The Morgan fingerprint density at radius 3 is 1.00 bits per heavy atom. The summed E-state index contributed by atoms with van der Waals surface area (Å²) < 4.78 is 2.31. The quantitative estimate of drug-likeness (QED) is 0.133. The molecule has 0 atom stereocenters. The van der Waals surface area contributed by atoms with E-state index in [1.807, 2.05) is 158 Å². The van der Waals surface area contributed by atoms with Gasteiger partial charge in [0.05, 0.1) is 28.1 Å². The van der Waals surface area contributed by atoms with Crippen LogP contribution in [0.1, 0.15) is 0 Å². The van der Waals surface area contributed by atoms with E-state index < -0.39 is 0 Å². The molecular formula is C64H41N9. The van der Waals surface area contributed by atoms with Gasteiger partial charge < -0.3 is 4.57 Å². The van der Waals surface area contributed by atoms with Crippen molar-refractivity contribution in [1.82, 2.24) is 44.4 Å². The second-order valence-electron chi connectivity index (χ2n) is 17.6. The summed E-state index contributed by atoms with van der Waals surface area (Å²) >= 11 is 0. The molecule has 9 nitrogen and oxygen atoms in total. The smallest absolute Gasteiger partial charge is 0.164 e. The first-order chi connectivity index (χ1) is 36.2. The SMILES string of the molecule is c1ccc(-c2cc(-c3ccccc3)nc(-c3cc(-c4nc(-c5ccccc5)nc(-c5ccccc5)n4)ccc3-n3c4ccccc4c4cc(-c5nc(-c6ccccc6)nc(-c6ccccc6)n5)ccc43)n2)cc1. The van der Waals surface area contributed by atoms with Gasteiger partial charge in [0.15, 0.2) is 40.8 Å². The number of para-hydroxylation sites is 1. The highest BCUT2D eigenvalue weighted by molar-refractivity contribution is 6.11. The fourth-order valence-electron chi connectivity index (χ4n) is 9.38. The van der Waals surface area contributed by atoms with Crippen molar-refractivity contribution >= 4 is 21.8 Å². The molecule has 0 fully saturated rings. The van der Waals surface area contributed by atoms with E-state index in [1.165, 1.54) is 0 Å². The van der Waals surface area contributed by atoms with Crippen LogP contribution < -0.4 is 0 Å². The molecular weight excluding hydrogens is 895 g/mol. The number of rotatable bonds is 10. The van der Waals surface area contributed by atoms with Crippen molar-refractivity contribution < 1.29 is 0 Å². The predicted molar refractivity (Wildman–Crippen MR) is 292 cm³/mol. The van der Waals surface area contributed by atoms with Crippen LogP contribution in [-0.2, 0) is 0 Å². The van der Waals surface area contributed by atoms with Gasteiger partial charge in [0.25, 0.3) is 0 Å². The van der Waals surface area contributed by atoms with E-state index >= 15 is 0 Å². The first-order valence-corrected chi connectivity index (χ1v) is 24.1. The molecule has 0 N–H and O–H groups in total. The van der Waals surface area contributed by atoms with Gasteiger partial charge in [-0.1, -0.05) is 200 Å². The summed E-state index contributed by atoms with van der Waals surface area (Å²) in [5, 5.41) is 2.10. The van der Waals surface area contributed by atoms with Crippen molar-refractivity contribution in [2.45, 2.75) is 0 Å². The monoisotopic (exact) mass is 935 g/mol. The number of hydrogen-bond donors (Lipinski definition) is 0. The van der Waals surface area contributed by atoms with Crippen molar-refractivity contribution in [1.29, 1.82) is 0 Å². The molecule has 4 heterocycles. The van der Waals surface area contributed by atoms with E-state index in [4.69, 9.17) is 39.9 Å². The standard InChI is InChI=1S/C64H41N9/c1-7-21-42(22-8-1)53-41-54(43-23-9-2-10-24-43)66-64(65-53)52-40-49(63-71-60(46-29-15-5-16-30-46)68-61(72-63)47-31-17-6-18-32-47)36-38-57(52)73-55-34-20-19-33-50(55)51-39-48(35-37-56(51)73)62-69-58(44-25-11-3-12-26-44)67-59(70-62)45-27-13-4-14-28-45/h1-41H. The van der Waals surface area contributed by atoms with Gasteiger partial charge in [-0.15, -0.1) is 0 Å². The molecule has 342 valence electrons. The predicted octanol–water partition coefficient (Wildman–Crippen LogP) is 14.9.